The Morgan fingerprint density at radius 1 is 1.03 bits per heavy atom. The Labute approximate surface area is 173 Å². The van der Waals surface area contributed by atoms with E-state index in [1.54, 1.807) is 24.3 Å². The van der Waals surface area contributed by atoms with Crippen LogP contribution in [0.5, 0.6) is 5.88 Å². The smallest absolute Gasteiger partial charge is 0.295 e. The highest BCUT2D eigenvalue weighted by Gasteiger charge is 2.28. The molecule has 0 bridgehead atoms. The molecule has 156 valence electrons. The van der Waals surface area contributed by atoms with Gasteiger partial charge in [-0.1, -0.05) is 18.2 Å². The molecule has 3 aromatic rings. The van der Waals surface area contributed by atoms with Gasteiger partial charge in [-0.05, 0) is 12.1 Å². The number of nitrogens with one attached hydrogen (secondary N) is 1. The fraction of sp³-hybridized carbons (Fsp3) is 0.333. The molecule has 1 saturated heterocycles. The van der Waals surface area contributed by atoms with Crippen molar-refractivity contribution >= 4 is 28.4 Å². The summed E-state index contributed by atoms with van der Waals surface area (Å²) in [5.41, 5.74) is 1.25. The highest BCUT2D eigenvalue weighted by molar-refractivity contribution is 6.44. The van der Waals surface area contributed by atoms with Crippen LogP contribution in [0.4, 0.5) is 5.82 Å². The Hall–Kier alpha value is -3.46. The van der Waals surface area contributed by atoms with Crippen LogP contribution in [-0.4, -0.2) is 78.3 Å². The van der Waals surface area contributed by atoms with E-state index in [0.29, 0.717) is 56.7 Å². The zero-order valence-corrected chi connectivity index (χ0v) is 16.7. The van der Waals surface area contributed by atoms with Gasteiger partial charge in [0.25, 0.3) is 11.7 Å². The molecule has 0 spiro atoms. The molecule has 4 rings (SSSR count). The number of benzene rings is 1. The summed E-state index contributed by atoms with van der Waals surface area (Å²) in [6, 6.07) is 11.1. The molecule has 0 aliphatic carbocycles. The summed E-state index contributed by atoms with van der Waals surface area (Å²) >= 11 is 0. The van der Waals surface area contributed by atoms with Crippen molar-refractivity contribution in [1.29, 1.82) is 0 Å². The molecular formula is C21H23N5O4. The first-order valence-electron chi connectivity index (χ1n) is 9.77. The van der Waals surface area contributed by atoms with Crippen LogP contribution in [0, 0.1) is 0 Å². The summed E-state index contributed by atoms with van der Waals surface area (Å²) in [6.07, 6.45) is 1.60. The first kappa shape index (κ1) is 19.8. The van der Waals surface area contributed by atoms with Crippen molar-refractivity contribution in [2.45, 2.75) is 0 Å². The summed E-state index contributed by atoms with van der Waals surface area (Å²) < 4.78 is 10.4. The molecule has 0 saturated carbocycles. The van der Waals surface area contributed by atoms with Gasteiger partial charge in [0.2, 0.25) is 5.88 Å². The number of aromatic amines is 1. The summed E-state index contributed by atoms with van der Waals surface area (Å²) in [7, 11) is 1.61. The molecule has 1 aliphatic heterocycles. The number of fused-ring (bicyclic) bond motifs is 1. The van der Waals surface area contributed by atoms with Crippen molar-refractivity contribution in [3.63, 3.8) is 0 Å². The molecule has 0 unspecified atom stereocenters. The van der Waals surface area contributed by atoms with Crippen LogP contribution < -0.4 is 9.64 Å². The fourth-order valence-electron chi connectivity index (χ4n) is 3.45. The van der Waals surface area contributed by atoms with Crippen molar-refractivity contribution in [3.05, 3.63) is 48.2 Å². The van der Waals surface area contributed by atoms with E-state index >= 15 is 0 Å². The number of hydrogen-bond acceptors (Lipinski definition) is 7. The minimum absolute atomic E-state index is 0.410. The molecule has 1 amide bonds. The number of nitrogens with zero attached hydrogens (tertiary/aromatic N) is 4. The lowest BCUT2D eigenvalue weighted by molar-refractivity contribution is -0.126. The summed E-state index contributed by atoms with van der Waals surface area (Å²) in [4.78, 5) is 32.2. The number of amides is 1. The number of carbonyl (C=O) groups is 2. The number of para-hydroxylation sites is 1. The van der Waals surface area contributed by atoms with Crippen LogP contribution in [0.3, 0.4) is 0 Å². The Kier molecular flexibility index (Phi) is 5.89. The number of H-pyrrole nitrogens is 1. The van der Waals surface area contributed by atoms with E-state index in [4.69, 9.17) is 9.47 Å². The number of piperazine rings is 1. The van der Waals surface area contributed by atoms with Gasteiger partial charge in [0.05, 0.1) is 12.2 Å². The van der Waals surface area contributed by atoms with Crippen molar-refractivity contribution in [2.75, 3.05) is 51.4 Å². The van der Waals surface area contributed by atoms with Crippen LogP contribution in [0.1, 0.15) is 10.4 Å². The highest BCUT2D eigenvalue weighted by Crippen LogP contribution is 2.20. The van der Waals surface area contributed by atoms with E-state index in [-0.39, 0.29) is 0 Å². The van der Waals surface area contributed by atoms with Gasteiger partial charge < -0.3 is 24.3 Å². The van der Waals surface area contributed by atoms with Crippen molar-refractivity contribution in [2.24, 2.45) is 0 Å². The maximum absolute atomic E-state index is 12.7. The van der Waals surface area contributed by atoms with Gasteiger partial charge in [-0.15, -0.1) is 10.2 Å². The summed E-state index contributed by atoms with van der Waals surface area (Å²) in [5.74, 6) is 0.184. The Bertz CT molecular complexity index is 1030. The van der Waals surface area contributed by atoms with Gasteiger partial charge in [-0.3, -0.25) is 9.59 Å². The van der Waals surface area contributed by atoms with Gasteiger partial charge in [0.15, 0.2) is 5.82 Å². The lowest BCUT2D eigenvalue weighted by Crippen LogP contribution is -2.50. The fourth-order valence-corrected chi connectivity index (χ4v) is 3.45. The van der Waals surface area contributed by atoms with Crippen LogP contribution in [-0.2, 0) is 9.53 Å². The number of hydrogen-bond donors (Lipinski definition) is 1. The van der Waals surface area contributed by atoms with Gasteiger partial charge in [-0.2, -0.15) is 0 Å². The molecular weight excluding hydrogens is 386 g/mol. The van der Waals surface area contributed by atoms with Crippen LogP contribution >= 0.6 is 0 Å². The number of Topliss-reactive ketones (excluding diaryl/α,β-unsaturated/α-hetero) is 1. The number of aromatic nitrogens is 3. The zero-order valence-electron chi connectivity index (χ0n) is 16.7. The van der Waals surface area contributed by atoms with Crippen LogP contribution in [0.15, 0.2) is 42.6 Å². The van der Waals surface area contributed by atoms with Crippen molar-refractivity contribution in [1.82, 2.24) is 20.1 Å². The molecule has 1 aliphatic rings. The number of carbonyl (C=O) groups excluding carboxylic acids is 2. The highest BCUT2D eigenvalue weighted by atomic mass is 16.5. The molecule has 0 radical (unpaired) electrons. The van der Waals surface area contributed by atoms with Crippen LogP contribution in [0.25, 0.3) is 10.9 Å². The molecule has 1 N–H and O–H groups in total. The monoisotopic (exact) mass is 409 g/mol. The normalized spacial score (nSPS) is 14.2. The third-order valence-electron chi connectivity index (χ3n) is 5.08. The SMILES string of the molecule is COCCOc1ccc(N2CCN(C(=O)C(=O)c3c[nH]c4ccccc34)CC2)nn1. The van der Waals surface area contributed by atoms with E-state index in [1.165, 1.54) is 0 Å². The average Bonchev–Trinajstić information content (AvgIpc) is 3.23. The molecule has 9 nitrogen and oxygen atoms in total. The number of anilines is 1. The molecule has 1 fully saturated rings. The van der Waals surface area contributed by atoms with Gasteiger partial charge in [-0.25, -0.2) is 0 Å². The number of rotatable bonds is 7. The predicted octanol–water partition coefficient (Wildman–Crippen LogP) is 1.51. The molecule has 2 aromatic heterocycles. The molecule has 1 aromatic carbocycles. The second-order valence-corrected chi connectivity index (χ2v) is 6.93. The van der Waals surface area contributed by atoms with Gasteiger partial charge >= 0.3 is 0 Å². The lowest BCUT2D eigenvalue weighted by Gasteiger charge is -2.34. The number of methoxy groups -OCH3 is 1. The number of ketones is 1. The van der Waals surface area contributed by atoms with E-state index in [2.05, 4.69) is 15.2 Å². The molecule has 9 heteroatoms. The van der Waals surface area contributed by atoms with E-state index in [0.717, 1.165) is 10.9 Å². The van der Waals surface area contributed by atoms with Crippen molar-refractivity contribution < 1.29 is 19.1 Å². The summed E-state index contributed by atoms with van der Waals surface area (Å²) in [6.45, 7) is 2.94. The van der Waals surface area contributed by atoms with Gasteiger partial charge in [0, 0.05) is 56.5 Å². The second kappa shape index (κ2) is 8.91. The molecule has 30 heavy (non-hydrogen) atoms. The first-order valence-corrected chi connectivity index (χ1v) is 9.77. The maximum Gasteiger partial charge on any atom is 0.295 e. The predicted molar refractivity (Wildman–Crippen MR) is 111 cm³/mol. The quantitative estimate of drug-likeness (QED) is 0.359. The van der Waals surface area contributed by atoms with Gasteiger partial charge in [0.1, 0.15) is 6.61 Å². The largest absolute Gasteiger partial charge is 0.474 e. The third kappa shape index (κ3) is 4.11. The van der Waals surface area contributed by atoms with E-state index < -0.39 is 11.7 Å². The molecule has 0 atom stereocenters. The maximum atomic E-state index is 12.7. The van der Waals surface area contributed by atoms with Crippen LogP contribution in [0.2, 0.25) is 0 Å². The standard InChI is InChI=1S/C21H23N5O4/c1-29-12-13-30-19-7-6-18(23-24-19)25-8-10-26(11-9-25)21(28)20(27)16-14-22-17-5-3-2-4-15(16)17/h2-7,14,22H,8-13H2,1H3. The molecule has 3 heterocycles. The average molecular weight is 409 g/mol. The lowest BCUT2D eigenvalue weighted by atomic mass is 10.1. The topological polar surface area (TPSA) is 101 Å². The first-order chi connectivity index (χ1) is 14.7. The third-order valence-corrected chi connectivity index (χ3v) is 5.08. The Morgan fingerprint density at radius 3 is 2.57 bits per heavy atom. The van der Waals surface area contributed by atoms with E-state index in [9.17, 15) is 9.59 Å². The zero-order chi connectivity index (χ0) is 20.9. The summed E-state index contributed by atoms with van der Waals surface area (Å²) in [5, 5.41) is 9.02. The van der Waals surface area contributed by atoms with E-state index in [1.807, 2.05) is 35.2 Å². The second-order valence-electron chi connectivity index (χ2n) is 6.93. The van der Waals surface area contributed by atoms with Crippen molar-refractivity contribution in [3.8, 4) is 5.88 Å². The minimum Gasteiger partial charge on any atom is -0.474 e. The Morgan fingerprint density at radius 2 is 1.83 bits per heavy atom. The minimum atomic E-state index is -0.488. The Balaban J connectivity index is 1.35. The number of ether oxygens (including phenoxy) is 2.